The number of aromatic nitrogens is 2. The van der Waals surface area contributed by atoms with E-state index in [0.717, 1.165) is 16.5 Å². The van der Waals surface area contributed by atoms with Crippen molar-refractivity contribution in [3.05, 3.63) is 60.0 Å². The molecular weight excluding hydrogens is 238 g/mol. The number of benzene rings is 1. The standard InChI is InChI=1S/C15H15N3O/c1-18-7-5-11(10-18)9-17-15(19)13-2-3-14-12(8-13)4-6-16-14/h2-8,10,16H,9H2,1H3,(H,17,19). The first kappa shape index (κ1) is 11.6. The van der Waals surface area contributed by atoms with Gasteiger partial charge in [-0.2, -0.15) is 0 Å². The summed E-state index contributed by atoms with van der Waals surface area (Å²) in [6, 6.07) is 9.61. The second-order valence-corrected chi connectivity index (χ2v) is 4.65. The predicted octanol–water partition coefficient (Wildman–Crippen LogP) is 2.44. The summed E-state index contributed by atoms with van der Waals surface area (Å²) in [7, 11) is 1.96. The Hall–Kier alpha value is -2.49. The maximum Gasteiger partial charge on any atom is 0.251 e. The molecule has 96 valence electrons. The molecule has 2 N–H and O–H groups in total. The number of carbonyl (C=O) groups excluding carboxylic acids is 1. The fraction of sp³-hybridized carbons (Fsp3) is 0.133. The lowest BCUT2D eigenvalue weighted by Gasteiger charge is -2.04. The molecule has 3 rings (SSSR count). The predicted molar refractivity (Wildman–Crippen MR) is 74.9 cm³/mol. The molecule has 0 aliphatic carbocycles. The molecule has 0 aliphatic rings. The molecule has 1 aromatic carbocycles. The first-order valence-corrected chi connectivity index (χ1v) is 6.18. The van der Waals surface area contributed by atoms with Gasteiger partial charge in [-0.1, -0.05) is 0 Å². The summed E-state index contributed by atoms with van der Waals surface area (Å²) in [6.45, 7) is 0.546. The third-order valence-electron chi connectivity index (χ3n) is 3.16. The van der Waals surface area contributed by atoms with E-state index in [2.05, 4.69) is 10.3 Å². The van der Waals surface area contributed by atoms with E-state index in [0.29, 0.717) is 12.1 Å². The Labute approximate surface area is 111 Å². The van der Waals surface area contributed by atoms with E-state index < -0.39 is 0 Å². The Balaban J connectivity index is 1.72. The fourth-order valence-corrected chi connectivity index (χ4v) is 2.14. The van der Waals surface area contributed by atoms with Crippen molar-refractivity contribution in [2.45, 2.75) is 6.54 Å². The molecule has 4 heteroatoms. The van der Waals surface area contributed by atoms with Crippen molar-refractivity contribution < 1.29 is 4.79 Å². The molecule has 0 spiro atoms. The lowest BCUT2D eigenvalue weighted by atomic mass is 10.1. The number of hydrogen-bond acceptors (Lipinski definition) is 1. The van der Waals surface area contributed by atoms with Gasteiger partial charge >= 0.3 is 0 Å². The molecule has 4 nitrogen and oxygen atoms in total. The fourth-order valence-electron chi connectivity index (χ4n) is 2.14. The topological polar surface area (TPSA) is 49.8 Å². The molecule has 0 unspecified atom stereocenters. The van der Waals surface area contributed by atoms with Crippen LogP contribution < -0.4 is 5.32 Å². The highest BCUT2D eigenvalue weighted by molar-refractivity contribution is 5.98. The van der Waals surface area contributed by atoms with Crippen molar-refractivity contribution in [3.8, 4) is 0 Å². The van der Waals surface area contributed by atoms with Crippen LogP contribution in [0.1, 0.15) is 15.9 Å². The molecule has 2 heterocycles. The van der Waals surface area contributed by atoms with Gasteiger partial charge in [0.05, 0.1) is 0 Å². The van der Waals surface area contributed by atoms with Crippen LogP contribution in [0.4, 0.5) is 0 Å². The second kappa shape index (κ2) is 4.65. The van der Waals surface area contributed by atoms with Gasteiger partial charge in [-0.05, 0) is 35.9 Å². The maximum atomic E-state index is 12.1. The second-order valence-electron chi connectivity index (χ2n) is 4.65. The Morgan fingerprint density at radius 1 is 1.32 bits per heavy atom. The summed E-state index contributed by atoms with van der Waals surface area (Å²) >= 11 is 0. The van der Waals surface area contributed by atoms with E-state index in [1.807, 2.05) is 60.5 Å². The van der Waals surface area contributed by atoms with Crippen molar-refractivity contribution in [1.29, 1.82) is 0 Å². The first-order valence-electron chi connectivity index (χ1n) is 6.18. The molecule has 0 saturated carbocycles. The number of nitrogens with one attached hydrogen (secondary N) is 2. The highest BCUT2D eigenvalue weighted by atomic mass is 16.1. The number of hydrogen-bond donors (Lipinski definition) is 2. The summed E-state index contributed by atoms with van der Waals surface area (Å²) in [4.78, 5) is 15.2. The smallest absolute Gasteiger partial charge is 0.251 e. The van der Waals surface area contributed by atoms with Crippen LogP contribution in [-0.2, 0) is 13.6 Å². The zero-order valence-corrected chi connectivity index (χ0v) is 10.7. The van der Waals surface area contributed by atoms with Crippen molar-refractivity contribution in [2.24, 2.45) is 7.05 Å². The van der Waals surface area contributed by atoms with Crippen LogP contribution in [0.5, 0.6) is 0 Å². The zero-order chi connectivity index (χ0) is 13.2. The van der Waals surface area contributed by atoms with Crippen LogP contribution in [0, 0.1) is 0 Å². The normalized spacial score (nSPS) is 10.8. The van der Waals surface area contributed by atoms with E-state index in [9.17, 15) is 4.79 Å². The number of carbonyl (C=O) groups is 1. The number of nitrogens with zero attached hydrogens (tertiary/aromatic N) is 1. The molecule has 0 saturated heterocycles. The quantitative estimate of drug-likeness (QED) is 0.740. The Morgan fingerprint density at radius 3 is 3.00 bits per heavy atom. The first-order chi connectivity index (χ1) is 9.22. The van der Waals surface area contributed by atoms with Gasteiger partial charge < -0.3 is 14.9 Å². The highest BCUT2D eigenvalue weighted by Gasteiger charge is 2.06. The van der Waals surface area contributed by atoms with Gasteiger partial charge in [0.25, 0.3) is 5.91 Å². The Bertz CT molecular complexity index is 724. The number of amides is 1. The van der Waals surface area contributed by atoms with Crippen LogP contribution in [0.2, 0.25) is 0 Å². The SMILES string of the molecule is Cn1ccc(CNC(=O)c2ccc3[nH]ccc3c2)c1. The van der Waals surface area contributed by atoms with Crippen LogP contribution in [0.25, 0.3) is 10.9 Å². The minimum absolute atomic E-state index is 0.0491. The lowest BCUT2D eigenvalue weighted by Crippen LogP contribution is -2.22. The number of aromatic amines is 1. The Morgan fingerprint density at radius 2 is 2.21 bits per heavy atom. The Kier molecular flexibility index (Phi) is 2.83. The molecule has 0 radical (unpaired) electrons. The maximum absolute atomic E-state index is 12.1. The van der Waals surface area contributed by atoms with E-state index in [1.54, 1.807) is 0 Å². The van der Waals surface area contributed by atoms with E-state index >= 15 is 0 Å². The average Bonchev–Trinajstić information content (AvgIpc) is 3.03. The van der Waals surface area contributed by atoms with Gasteiger partial charge in [-0.15, -0.1) is 0 Å². The van der Waals surface area contributed by atoms with Crippen molar-refractivity contribution in [1.82, 2.24) is 14.9 Å². The molecule has 0 atom stereocenters. The van der Waals surface area contributed by atoms with E-state index in [4.69, 9.17) is 0 Å². The summed E-state index contributed by atoms with van der Waals surface area (Å²) in [5.74, 6) is -0.0491. The number of rotatable bonds is 3. The van der Waals surface area contributed by atoms with E-state index in [1.165, 1.54) is 0 Å². The van der Waals surface area contributed by atoms with Crippen molar-refractivity contribution in [3.63, 3.8) is 0 Å². The van der Waals surface area contributed by atoms with Crippen LogP contribution in [-0.4, -0.2) is 15.5 Å². The van der Waals surface area contributed by atoms with Gasteiger partial charge in [0.2, 0.25) is 0 Å². The number of H-pyrrole nitrogens is 1. The zero-order valence-electron chi connectivity index (χ0n) is 10.7. The third kappa shape index (κ3) is 2.38. The molecule has 0 fully saturated rings. The molecule has 0 aliphatic heterocycles. The van der Waals surface area contributed by atoms with Gasteiger partial charge in [0, 0.05) is 48.6 Å². The van der Waals surface area contributed by atoms with Gasteiger partial charge in [-0.3, -0.25) is 4.79 Å². The van der Waals surface area contributed by atoms with Gasteiger partial charge in [-0.25, -0.2) is 0 Å². The molecule has 3 aromatic rings. The summed E-state index contributed by atoms with van der Waals surface area (Å²) < 4.78 is 1.97. The third-order valence-corrected chi connectivity index (χ3v) is 3.16. The minimum atomic E-state index is -0.0491. The largest absolute Gasteiger partial charge is 0.361 e. The average molecular weight is 253 g/mol. The molecule has 2 aromatic heterocycles. The van der Waals surface area contributed by atoms with Crippen LogP contribution in [0.15, 0.2) is 48.9 Å². The monoisotopic (exact) mass is 253 g/mol. The van der Waals surface area contributed by atoms with Crippen LogP contribution in [0.3, 0.4) is 0 Å². The minimum Gasteiger partial charge on any atom is -0.361 e. The van der Waals surface area contributed by atoms with E-state index in [-0.39, 0.29) is 5.91 Å². The van der Waals surface area contributed by atoms with Crippen molar-refractivity contribution in [2.75, 3.05) is 0 Å². The number of aryl methyl sites for hydroxylation is 1. The lowest BCUT2D eigenvalue weighted by molar-refractivity contribution is 0.0951. The van der Waals surface area contributed by atoms with Crippen LogP contribution >= 0.6 is 0 Å². The van der Waals surface area contributed by atoms with Crippen molar-refractivity contribution >= 4 is 16.8 Å². The molecule has 0 bridgehead atoms. The molecular formula is C15H15N3O. The highest BCUT2D eigenvalue weighted by Crippen LogP contribution is 2.14. The summed E-state index contributed by atoms with van der Waals surface area (Å²) in [6.07, 6.45) is 5.83. The number of fused-ring (bicyclic) bond motifs is 1. The molecule has 19 heavy (non-hydrogen) atoms. The summed E-state index contributed by atoms with van der Waals surface area (Å²) in [5.41, 5.74) is 2.82. The van der Waals surface area contributed by atoms with Gasteiger partial charge in [0.15, 0.2) is 0 Å². The molecule has 1 amide bonds. The van der Waals surface area contributed by atoms with Gasteiger partial charge in [0.1, 0.15) is 0 Å². The summed E-state index contributed by atoms with van der Waals surface area (Å²) in [5, 5.41) is 3.97.